The molecule has 1 heterocycles. The molecule has 0 radical (unpaired) electrons. The minimum atomic E-state index is -3.14. The SMILES string of the molecule is O=C(COc1ccc(Cl)cc1[N+](=O)[O-])N(C1CCCCC1)C1CCS(=O)(=O)C1. The van der Waals surface area contributed by atoms with Crippen LogP contribution in [-0.4, -0.2) is 54.3 Å². The van der Waals surface area contributed by atoms with Crippen LogP contribution in [0.4, 0.5) is 5.69 Å². The average Bonchev–Trinajstić information content (AvgIpc) is 3.01. The molecule has 1 amide bonds. The Hall–Kier alpha value is -1.87. The van der Waals surface area contributed by atoms with Gasteiger partial charge in [-0.15, -0.1) is 0 Å². The van der Waals surface area contributed by atoms with Crippen LogP contribution in [0.15, 0.2) is 18.2 Å². The zero-order valence-corrected chi connectivity index (χ0v) is 17.0. The predicted octanol–water partition coefficient (Wildman–Crippen LogP) is 2.98. The summed E-state index contributed by atoms with van der Waals surface area (Å²) in [6, 6.07) is 3.62. The molecule has 1 aromatic carbocycles. The summed E-state index contributed by atoms with van der Waals surface area (Å²) in [5.74, 6) is -0.322. The summed E-state index contributed by atoms with van der Waals surface area (Å²) in [5.41, 5.74) is -0.312. The highest BCUT2D eigenvalue weighted by molar-refractivity contribution is 7.91. The molecule has 1 aliphatic carbocycles. The maximum Gasteiger partial charge on any atom is 0.312 e. The molecule has 3 rings (SSSR count). The van der Waals surface area contributed by atoms with Gasteiger partial charge in [-0.05, 0) is 31.4 Å². The van der Waals surface area contributed by atoms with Crippen LogP contribution in [0.25, 0.3) is 0 Å². The molecule has 154 valence electrons. The molecule has 1 aromatic rings. The minimum absolute atomic E-state index is 0.0108. The number of amides is 1. The molecule has 0 spiro atoms. The number of carbonyl (C=O) groups is 1. The van der Waals surface area contributed by atoms with Crippen LogP contribution < -0.4 is 4.74 Å². The number of ether oxygens (including phenoxy) is 1. The molecule has 1 unspecified atom stereocenters. The van der Waals surface area contributed by atoms with Crippen molar-refractivity contribution in [3.63, 3.8) is 0 Å². The third kappa shape index (κ3) is 4.94. The highest BCUT2D eigenvalue weighted by Gasteiger charge is 2.38. The number of rotatable bonds is 6. The summed E-state index contributed by atoms with van der Waals surface area (Å²) in [4.78, 5) is 25.2. The molecule has 1 atom stereocenters. The lowest BCUT2D eigenvalue weighted by Gasteiger charge is -2.38. The van der Waals surface area contributed by atoms with E-state index in [1.54, 1.807) is 4.90 Å². The number of halogens is 1. The Morgan fingerprint density at radius 2 is 1.93 bits per heavy atom. The average molecular weight is 431 g/mol. The minimum Gasteiger partial charge on any atom is -0.477 e. The molecule has 28 heavy (non-hydrogen) atoms. The number of benzene rings is 1. The van der Waals surface area contributed by atoms with Crippen molar-refractivity contribution in [2.24, 2.45) is 0 Å². The Morgan fingerprint density at radius 1 is 1.21 bits per heavy atom. The normalized spacial score (nSPS) is 22.0. The van der Waals surface area contributed by atoms with Crippen LogP contribution >= 0.6 is 11.6 Å². The van der Waals surface area contributed by atoms with Crippen molar-refractivity contribution in [3.05, 3.63) is 33.3 Å². The van der Waals surface area contributed by atoms with Crippen molar-refractivity contribution in [1.29, 1.82) is 0 Å². The van der Waals surface area contributed by atoms with Gasteiger partial charge in [-0.1, -0.05) is 30.9 Å². The molecule has 1 saturated heterocycles. The second-order valence-electron chi connectivity index (χ2n) is 7.31. The summed E-state index contributed by atoms with van der Waals surface area (Å²) in [6.45, 7) is -0.379. The lowest BCUT2D eigenvalue weighted by atomic mass is 9.93. The van der Waals surface area contributed by atoms with Crippen molar-refractivity contribution >= 4 is 33.0 Å². The van der Waals surface area contributed by atoms with Crippen LogP contribution in [0.2, 0.25) is 5.02 Å². The molecule has 1 aliphatic heterocycles. The number of nitrogens with zero attached hydrogens (tertiary/aromatic N) is 2. The van der Waals surface area contributed by atoms with Gasteiger partial charge in [0.25, 0.3) is 5.91 Å². The Kier molecular flexibility index (Phi) is 6.44. The summed E-state index contributed by atoms with van der Waals surface area (Å²) >= 11 is 5.80. The van der Waals surface area contributed by atoms with E-state index in [-0.39, 0.29) is 52.6 Å². The van der Waals surface area contributed by atoms with Crippen molar-refractivity contribution in [1.82, 2.24) is 4.90 Å². The predicted molar refractivity (Wildman–Crippen MR) is 104 cm³/mol. The fraction of sp³-hybridized carbons (Fsp3) is 0.611. The Labute approximate surface area is 168 Å². The zero-order chi connectivity index (χ0) is 20.3. The number of carbonyl (C=O) groups excluding carboxylic acids is 1. The van der Waals surface area contributed by atoms with Gasteiger partial charge in [-0.3, -0.25) is 14.9 Å². The lowest BCUT2D eigenvalue weighted by molar-refractivity contribution is -0.385. The van der Waals surface area contributed by atoms with E-state index in [4.69, 9.17) is 16.3 Å². The number of hydrogen-bond donors (Lipinski definition) is 0. The fourth-order valence-corrected chi connectivity index (χ4v) is 5.91. The van der Waals surface area contributed by atoms with Gasteiger partial charge in [0.15, 0.2) is 22.2 Å². The third-order valence-electron chi connectivity index (χ3n) is 5.33. The van der Waals surface area contributed by atoms with E-state index in [9.17, 15) is 23.3 Å². The first-order valence-corrected chi connectivity index (χ1v) is 11.5. The Balaban J connectivity index is 1.75. The van der Waals surface area contributed by atoms with Gasteiger partial charge < -0.3 is 9.64 Å². The first-order valence-electron chi connectivity index (χ1n) is 9.35. The molecule has 0 bridgehead atoms. The smallest absolute Gasteiger partial charge is 0.312 e. The molecular weight excluding hydrogens is 408 g/mol. The summed E-state index contributed by atoms with van der Waals surface area (Å²) in [6.07, 6.45) is 5.20. The molecule has 1 saturated carbocycles. The van der Waals surface area contributed by atoms with Gasteiger partial charge in [0.1, 0.15) is 0 Å². The molecule has 0 aromatic heterocycles. The first-order chi connectivity index (χ1) is 13.3. The first kappa shape index (κ1) is 20.9. The van der Waals surface area contributed by atoms with E-state index in [2.05, 4.69) is 0 Å². The lowest BCUT2D eigenvalue weighted by Crippen LogP contribution is -2.50. The Bertz CT molecular complexity index is 854. The molecule has 2 fully saturated rings. The monoisotopic (exact) mass is 430 g/mol. The molecule has 2 aliphatic rings. The van der Waals surface area contributed by atoms with Crippen molar-refractivity contribution < 1.29 is 22.9 Å². The van der Waals surface area contributed by atoms with Crippen molar-refractivity contribution in [3.8, 4) is 5.75 Å². The second-order valence-corrected chi connectivity index (χ2v) is 9.97. The summed E-state index contributed by atoms with van der Waals surface area (Å²) in [7, 11) is -3.14. The maximum absolute atomic E-state index is 13.0. The molecular formula is C18H23ClN2O6S. The van der Waals surface area contributed by atoms with Gasteiger partial charge in [0.2, 0.25) is 0 Å². The van der Waals surface area contributed by atoms with Crippen LogP contribution in [0, 0.1) is 10.1 Å². The number of sulfone groups is 1. The van der Waals surface area contributed by atoms with Crippen LogP contribution in [0.3, 0.4) is 0 Å². The van der Waals surface area contributed by atoms with Gasteiger partial charge in [-0.2, -0.15) is 0 Å². The van der Waals surface area contributed by atoms with Crippen LogP contribution in [0.1, 0.15) is 38.5 Å². The number of nitro benzene ring substituents is 1. The zero-order valence-electron chi connectivity index (χ0n) is 15.4. The van der Waals surface area contributed by atoms with Crippen LogP contribution in [-0.2, 0) is 14.6 Å². The Morgan fingerprint density at radius 3 is 2.54 bits per heavy atom. The van der Waals surface area contributed by atoms with Gasteiger partial charge >= 0.3 is 5.69 Å². The molecule has 8 nitrogen and oxygen atoms in total. The number of hydrogen-bond acceptors (Lipinski definition) is 6. The summed E-state index contributed by atoms with van der Waals surface area (Å²) < 4.78 is 29.3. The van der Waals surface area contributed by atoms with E-state index in [1.807, 2.05) is 0 Å². The van der Waals surface area contributed by atoms with E-state index in [1.165, 1.54) is 18.2 Å². The topological polar surface area (TPSA) is 107 Å². The van der Waals surface area contributed by atoms with Crippen molar-refractivity contribution in [2.45, 2.75) is 50.6 Å². The van der Waals surface area contributed by atoms with E-state index in [0.29, 0.717) is 6.42 Å². The van der Waals surface area contributed by atoms with E-state index < -0.39 is 14.8 Å². The number of nitro groups is 1. The van der Waals surface area contributed by atoms with Gasteiger partial charge in [0, 0.05) is 23.2 Å². The molecule has 10 heteroatoms. The standard InChI is InChI=1S/C18H23ClN2O6S/c19-13-6-7-17(16(10-13)21(23)24)27-11-18(22)20(14-4-2-1-3-5-14)15-8-9-28(25,26)12-15/h6-7,10,14-15H,1-5,8-9,11-12H2. The van der Waals surface area contributed by atoms with Crippen LogP contribution in [0.5, 0.6) is 5.75 Å². The maximum atomic E-state index is 13.0. The van der Waals surface area contributed by atoms with E-state index in [0.717, 1.165) is 32.1 Å². The third-order valence-corrected chi connectivity index (χ3v) is 7.31. The van der Waals surface area contributed by atoms with Gasteiger partial charge in [-0.25, -0.2) is 8.42 Å². The molecule has 0 N–H and O–H groups in total. The van der Waals surface area contributed by atoms with Crippen molar-refractivity contribution in [2.75, 3.05) is 18.1 Å². The quantitative estimate of drug-likeness (QED) is 0.507. The highest BCUT2D eigenvalue weighted by atomic mass is 35.5. The highest BCUT2D eigenvalue weighted by Crippen LogP contribution is 2.31. The second kappa shape index (κ2) is 8.65. The van der Waals surface area contributed by atoms with Gasteiger partial charge in [0.05, 0.1) is 16.4 Å². The largest absolute Gasteiger partial charge is 0.477 e. The fourth-order valence-electron chi connectivity index (χ4n) is 4.03. The van der Waals surface area contributed by atoms with E-state index >= 15 is 0 Å². The summed E-state index contributed by atoms with van der Waals surface area (Å²) in [5, 5.41) is 11.4.